The molecule has 108 valence electrons. The van der Waals surface area contributed by atoms with E-state index in [2.05, 4.69) is 4.98 Å². The molecule has 3 aromatic rings. The van der Waals surface area contributed by atoms with Crippen molar-refractivity contribution in [3.05, 3.63) is 71.8 Å². The molecule has 0 aliphatic carbocycles. The molecule has 3 nitrogen and oxygen atoms in total. The van der Waals surface area contributed by atoms with E-state index in [0.29, 0.717) is 17.0 Å². The quantitative estimate of drug-likeness (QED) is 0.686. The van der Waals surface area contributed by atoms with E-state index < -0.39 is 11.7 Å². The Hall–Kier alpha value is -2.75. The fourth-order valence-electron chi connectivity index (χ4n) is 2.86. The zero-order valence-electron chi connectivity index (χ0n) is 11.6. The average molecular weight is 293 g/mol. The van der Waals surface area contributed by atoms with Gasteiger partial charge in [0.15, 0.2) is 5.78 Å². The van der Waals surface area contributed by atoms with Crippen molar-refractivity contribution in [2.45, 2.75) is 5.92 Å². The molecular formula is C18H12FNO2. The van der Waals surface area contributed by atoms with Gasteiger partial charge in [0.1, 0.15) is 18.2 Å². The van der Waals surface area contributed by atoms with Crippen LogP contribution in [0.4, 0.5) is 4.39 Å². The Morgan fingerprint density at radius 1 is 1.09 bits per heavy atom. The molecule has 2 aromatic carbocycles. The maximum Gasteiger partial charge on any atom is 0.179 e. The van der Waals surface area contributed by atoms with Crippen molar-refractivity contribution in [1.29, 1.82) is 0 Å². The summed E-state index contributed by atoms with van der Waals surface area (Å²) < 4.78 is 18.8. The summed E-state index contributed by atoms with van der Waals surface area (Å²) >= 11 is 0. The summed E-state index contributed by atoms with van der Waals surface area (Å²) in [6.07, 6.45) is 1.13. The Balaban J connectivity index is 1.85. The smallest absolute Gasteiger partial charge is 0.179 e. The second kappa shape index (κ2) is 4.91. The Kier molecular flexibility index (Phi) is 2.89. The lowest BCUT2D eigenvalue weighted by atomic mass is 9.89. The number of nitrogens with zero attached hydrogens (tertiary/aromatic N) is 1. The highest BCUT2D eigenvalue weighted by atomic mass is 19.1. The summed E-state index contributed by atoms with van der Waals surface area (Å²) in [6, 6.07) is 14.3. The van der Waals surface area contributed by atoms with Gasteiger partial charge in [-0.1, -0.05) is 30.3 Å². The van der Waals surface area contributed by atoms with Crippen LogP contribution in [0.1, 0.15) is 22.0 Å². The lowest BCUT2D eigenvalue weighted by Crippen LogP contribution is -2.27. The van der Waals surface area contributed by atoms with Gasteiger partial charge in [-0.3, -0.25) is 9.78 Å². The lowest BCUT2D eigenvalue weighted by Gasteiger charge is -2.25. The van der Waals surface area contributed by atoms with Crippen LogP contribution in [0.25, 0.3) is 10.8 Å². The molecule has 0 spiro atoms. The van der Waals surface area contributed by atoms with E-state index in [1.165, 1.54) is 12.1 Å². The summed E-state index contributed by atoms with van der Waals surface area (Å²) in [6.45, 7) is 0.225. The van der Waals surface area contributed by atoms with E-state index in [9.17, 15) is 9.18 Å². The number of hydrogen-bond donors (Lipinski definition) is 0. The number of carbonyl (C=O) groups excluding carboxylic acids is 1. The predicted molar refractivity (Wildman–Crippen MR) is 80.7 cm³/mol. The molecular weight excluding hydrogens is 281 g/mol. The lowest BCUT2D eigenvalue weighted by molar-refractivity contribution is 0.0896. The largest absolute Gasteiger partial charge is 0.492 e. The number of ether oxygens (including phenoxy) is 1. The molecule has 1 unspecified atom stereocenters. The Bertz CT molecular complexity index is 874. The molecule has 0 fully saturated rings. The highest BCUT2D eigenvalue weighted by Gasteiger charge is 2.32. The van der Waals surface area contributed by atoms with Gasteiger partial charge >= 0.3 is 0 Å². The summed E-state index contributed by atoms with van der Waals surface area (Å²) in [7, 11) is 0. The van der Waals surface area contributed by atoms with E-state index in [0.717, 1.165) is 17.0 Å². The maximum absolute atomic E-state index is 13.0. The fourth-order valence-corrected chi connectivity index (χ4v) is 2.86. The number of pyridine rings is 1. The van der Waals surface area contributed by atoms with Gasteiger partial charge in [0.2, 0.25) is 0 Å². The van der Waals surface area contributed by atoms with Crippen molar-refractivity contribution < 1.29 is 13.9 Å². The van der Waals surface area contributed by atoms with E-state index in [1.807, 2.05) is 36.4 Å². The SMILES string of the molecule is O=C1c2c(ccc3ccccc23)OCC1c1ccc(F)cn1. The van der Waals surface area contributed by atoms with Crippen LogP contribution in [0.2, 0.25) is 0 Å². The summed E-state index contributed by atoms with van der Waals surface area (Å²) in [5, 5.41) is 1.86. The molecule has 1 atom stereocenters. The number of hydrogen-bond acceptors (Lipinski definition) is 3. The molecule has 2 heterocycles. The third kappa shape index (κ3) is 1.96. The number of carbonyl (C=O) groups is 1. The van der Waals surface area contributed by atoms with Crippen LogP contribution >= 0.6 is 0 Å². The van der Waals surface area contributed by atoms with Crippen molar-refractivity contribution in [3.8, 4) is 5.75 Å². The zero-order valence-corrected chi connectivity index (χ0v) is 11.6. The van der Waals surface area contributed by atoms with E-state index in [-0.39, 0.29) is 12.4 Å². The predicted octanol–water partition coefficient (Wildman–Crippen LogP) is 3.73. The molecule has 1 aliphatic rings. The molecule has 1 aliphatic heterocycles. The first-order valence-corrected chi connectivity index (χ1v) is 7.04. The minimum Gasteiger partial charge on any atom is -0.492 e. The highest BCUT2D eigenvalue weighted by Crippen LogP contribution is 2.36. The van der Waals surface area contributed by atoms with Gasteiger partial charge in [0, 0.05) is 0 Å². The summed E-state index contributed by atoms with van der Waals surface area (Å²) in [5.74, 6) is -0.350. The first-order chi connectivity index (χ1) is 10.7. The van der Waals surface area contributed by atoms with Gasteiger partial charge in [0.25, 0.3) is 0 Å². The molecule has 0 saturated carbocycles. The summed E-state index contributed by atoms with van der Waals surface area (Å²) in [5.41, 5.74) is 1.12. The van der Waals surface area contributed by atoms with Crippen LogP contribution in [-0.2, 0) is 0 Å². The molecule has 1 aromatic heterocycles. The molecule has 0 amide bonds. The van der Waals surface area contributed by atoms with E-state index in [1.54, 1.807) is 0 Å². The van der Waals surface area contributed by atoms with Crippen molar-refractivity contribution in [3.63, 3.8) is 0 Å². The second-order valence-corrected chi connectivity index (χ2v) is 5.29. The standard InChI is InChI=1S/C18H12FNO2/c19-12-6-7-15(20-9-12)14-10-22-16-8-5-11-3-1-2-4-13(11)17(16)18(14)21/h1-9,14H,10H2. The third-order valence-corrected chi connectivity index (χ3v) is 3.97. The van der Waals surface area contributed by atoms with Gasteiger partial charge in [-0.15, -0.1) is 0 Å². The average Bonchev–Trinajstić information content (AvgIpc) is 2.56. The number of benzene rings is 2. The number of ketones is 1. The number of fused-ring (bicyclic) bond motifs is 3. The van der Waals surface area contributed by atoms with Crippen LogP contribution in [0.3, 0.4) is 0 Å². The van der Waals surface area contributed by atoms with Crippen LogP contribution in [0, 0.1) is 5.82 Å². The first kappa shape index (κ1) is 13.0. The minimum atomic E-state index is -0.501. The van der Waals surface area contributed by atoms with Crippen molar-refractivity contribution in [2.75, 3.05) is 6.61 Å². The summed E-state index contributed by atoms with van der Waals surface area (Å²) in [4.78, 5) is 16.9. The minimum absolute atomic E-state index is 0.0304. The zero-order chi connectivity index (χ0) is 15.1. The first-order valence-electron chi connectivity index (χ1n) is 7.04. The normalized spacial score (nSPS) is 17.1. The molecule has 0 radical (unpaired) electrons. The number of rotatable bonds is 1. The van der Waals surface area contributed by atoms with Crippen molar-refractivity contribution in [1.82, 2.24) is 4.98 Å². The van der Waals surface area contributed by atoms with Gasteiger partial charge in [-0.2, -0.15) is 0 Å². The molecule has 0 N–H and O–H groups in total. The van der Waals surface area contributed by atoms with Crippen LogP contribution in [0.15, 0.2) is 54.7 Å². The van der Waals surface area contributed by atoms with Crippen molar-refractivity contribution >= 4 is 16.6 Å². The molecule has 4 heteroatoms. The maximum atomic E-state index is 13.0. The number of Topliss-reactive ketones (excluding diaryl/α,β-unsaturated/α-hetero) is 1. The Morgan fingerprint density at radius 3 is 2.77 bits per heavy atom. The van der Waals surface area contributed by atoms with Gasteiger partial charge in [-0.05, 0) is 29.0 Å². The molecule has 22 heavy (non-hydrogen) atoms. The Morgan fingerprint density at radius 2 is 1.95 bits per heavy atom. The topological polar surface area (TPSA) is 39.2 Å². The monoisotopic (exact) mass is 293 g/mol. The molecule has 0 saturated heterocycles. The Labute approximate surface area is 126 Å². The van der Waals surface area contributed by atoms with Crippen molar-refractivity contribution in [2.24, 2.45) is 0 Å². The number of halogens is 1. The van der Waals surface area contributed by atoms with Gasteiger partial charge in [-0.25, -0.2) is 4.39 Å². The van der Waals surface area contributed by atoms with E-state index in [4.69, 9.17) is 4.74 Å². The van der Waals surface area contributed by atoms with Crippen LogP contribution in [-0.4, -0.2) is 17.4 Å². The van der Waals surface area contributed by atoms with Gasteiger partial charge in [0.05, 0.1) is 23.4 Å². The van der Waals surface area contributed by atoms with Crippen LogP contribution < -0.4 is 4.74 Å². The van der Waals surface area contributed by atoms with E-state index >= 15 is 0 Å². The number of aromatic nitrogens is 1. The molecule has 4 rings (SSSR count). The molecule has 0 bridgehead atoms. The second-order valence-electron chi connectivity index (χ2n) is 5.29. The third-order valence-electron chi connectivity index (χ3n) is 3.97. The highest BCUT2D eigenvalue weighted by molar-refractivity contribution is 6.13. The van der Waals surface area contributed by atoms with Gasteiger partial charge < -0.3 is 4.74 Å². The van der Waals surface area contributed by atoms with Crippen LogP contribution in [0.5, 0.6) is 5.75 Å². The fraction of sp³-hybridized carbons (Fsp3) is 0.111.